The average molecular weight is 318 g/mol. The highest BCUT2D eigenvalue weighted by atomic mass is 16.3. The summed E-state index contributed by atoms with van der Waals surface area (Å²) in [5, 5.41) is 0. The molecule has 0 aliphatic heterocycles. The quantitative estimate of drug-likeness (QED) is 0.535. The van der Waals surface area contributed by atoms with E-state index in [9.17, 15) is 4.79 Å². The number of rotatable bonds is 6. The number of ketones is 1. The molecule has 0 amide bonds. The van der Waals surface area contributed by atoms with Crippen LogP contribution in [0.15, 0.2) is 65.1 Å². The average Bonchev–Trinajstić information content (AvgIpc) is 3.05. The lowest BCUT2D eigenvalue weighted by atomic mass is 10.00. The van der Waals surface area contributed by atoms with Crippen LogP contribution in [-0.4, -0.2) is 5.78 Å². The van der Waals surface area contributed by atoms with Gasteiger partial charge < -0.3 is 4.42 Å². The third-order valence-electron chi connectivity index (χ3n) is 4.18. The molecule has 122 valence electrons. The first kappa shape index (κ1) is 16.3. The van der Waals surface area contributed by atoms with Crippen LogP contribution in [0, 0.1) is 6.92 Å². The normalized spacial score (nSPS) is 10.8. The Hall–Kier alpha value is -2.61. The Balaban J connectivity index is 1.99. The molecule has 0 aliphatic carbocycles. The molecule has 1 heterocycles. The Morgan fingerprint density at radius 2 is 1.71 bits per heavy atom. The Morgan fingerprint density at radius 3 is 2.38 bits per heavy atom. The molecule has 0 radical (unpaired) electrons. The highest BCUT2D eigenvalue weighted by Gasteiger charge is 2.19. The molecule has 3 aromatic rings. The molecule has 0 saturated carbocycles. The summed E-state index contributed by atoms with van der Waals surface area (Å²) in [6, 6.07) is 19.5. The van der Waals surface area contributed by atoms with Crippen LogP contribution in [0.5, 0.6) is 0 Å². The summed E-state index contributed by atoms with van der Waals surface area (Å²) in [6.45, 7) is 4.16. The smallest absolute Gasteiger partial charge is 0.196 e. The van der Waals surface area contributed by atoms with Crippen molar-refractivity contribution in [3.8, 4) is 11.3 Å². The van der Waals surface area contributed by atoms with E-state index >= 15 is 0 Å². The maximum Gasteiger partial charge on any atom is 0.196 e. The molecule has 0 saturated heterocycles. The van der Waals surface area contributed by atoms with Gasteiger partial charge >= 0.3 is 0 Å². The van der Waals surface area contributed by atoms with Crippen LogP contribution < -0.4 is 0 Å². The summed E-state index contributed by atoms with van der Waals surface area (Å²) >= 11 is 0. The van der Waals surface area contributed by atoms with Crippen molar-refractivity contribution < 1.29 is 9.21 Å². The van der Waals surface area contributed by atoms with Gasteiger partial charge in [-0.2, -0.15) is 0 Å². The number of furan rings is 1. The van der Waals surface area contributed by atoms with Gasteiger partial charge in [0.1, 0.15) is 11.5 Å². The van der Waals surface area contributed by atoms with Gasteiger partial charge in [-0.1, -0.05) is 73.5 Å². The lowest BCUT2D eigenvalue weighted by Crippen LogP contribution is -2.03. The fourth-order valence-corrected chi connectivity index (χ4v) is 2.75. The first-order chi connectivity index (χ1) is 11.7. The van der Waals surface area contributed by atoms with Crippen molar-refractivity contribution in [1.82, 2.24) is 0 Å². The summed E-state index contributed by atoms with van der Waals surface area (Å²) < 4.78 is 6.05. The summed E-state index contributed by atoms with van der Waals surface area (Å²) in [5.41, 5.74) is 3.54. The molecule has 1 aromatic heterocycles. The van der Waals surface area contributed by atoms with Crippen LogP contribution >= 0.6 is 0 Å². The predicted octanol–water partition coefficient (Wildman–Crippen LogP) is 5.83. The molecule has 24 heavy (non-hydrogen) atoms. The van der Waals surface area contributed by atoms with Gasteiger partial charge in [-0.25, -0.2) is 0 Å². The van der Waals surface area contributed by atoms with Crippen LogP contribution in [0.4, 0.5) is 0 Å². The Bertz CT molecular complexity index is 811. The maximum atomic E-state index is 12.9. The van der Waals surface area contributed by atoms with Gasteiger partial charge in [0.05, 0.1) is 5.56 Å². The van der Waals surface area contributed by atoms with E-state index in [1.165, 1.54) is 0 Å². The van der Waals surface area contributed by atoms with E-state index in [0.717, 1.165) is 41.9 Å². The molecule has 0 unspecified atom stereocenters. The first-order valence-corrected chi connectivity index (χ1v) is 8.48. The molecular weight excluding hydrogens is 296 g/mol. The van der Waals surface area contributed by atoms with E-state index in [2.05, 4.69) is 6.92 Å². The molecule has 3 rings (SSSR count). The number of carbonyl (C=O) groups is 1. The van der Waals surface area contributed by atoms with Crippen molar-refractivity contribution >= 4 is 5.78 Å². The zero-order chi connectivity index (χ0) is 16.9. The van der Waals surface area contributed by atoms with E-state index in [1.807, 2.05) is 67.6 Å². The third-order valence-corrected chi connectivity index (χ3v) is 4.18. The minimum atomic E-state index is 0.0343. The summed E-state index contributed by atoms with van der Waals surface area (Å²) in [5.74, 6) is 1.59. The second kappa shape index (κ2) is 7.31. The van der Waals surface area contributed by atoms with Crippen LogP contribution in [0.1, 0.15) is 47.0 Å². The standard InChI is InChI=1S/C22H22O2/c1-3-4-10-20-19(22(23)18-13-11-16(2)12-14-18)15-21(24-20)17-8-6-5-7-9-17/h5-9,11-15H,3-4,10H2,1-2H3. The third kappa shape index (κ3) is 3.48. The number of unbranched alkanes of at least 4 members (excludes halogenated alkanes) is 1. The second-order valence-corrected chi connectivity index (χ2v) is 6.11. The van der Waals surface area contributed by atoms with Gasteiger partial charge in [-0.05, 0) is 19.4 Å². The van der Waals surface area contributed by atoms with Crippen molar-refractivity contribution in [3.05, 3.63) is 83.1 Å². The monoisotopic (exact) mass is 318 g/mol. The van der Waals surface area contributed by atoms with Crippen molar-refractivity contribution in [2.45, 2.75) is 33.1 Å². The lowest BCUT2D eigenvalue weighted by molar-refractivity contribution is 0.103. The molecule has 2 nitrogen and oxygen atoms in total. The van der Waals surface area contributed by atoms with Gasteiger partial charge in [0.15, 0.2) is 5.78 Å². The summed E-state index contributed by atoms with van der Waals surface area (Å²) in [7, 11) is 0. The van der Waals surface area contributed by atoms with Gasteiger partial charge in [-0.15, -0.1) is 0 Å². The largest absolute Gasteiger partial charge is 0.460 e. The second-order valence-electron chi connectivity index (χ2n) is 6.11. The molecule has 0 fully saturated rings. The maximum absolute atomic E-state index is 12.9. The fraction of sp³-hybridized carbons (Fsp3) is 0.227. The number of hydrogen-bond acceptors (Lipinski definition) is 2. The SMILES string of the molecule is CCCCc1oc(-c2ccccc2)cc1C(=O)c1ccc(C)cc1. The van der Waals surface area contributed by atoms with Crippen molar-refractivity contribution in [3.63, 3.8) is 0 Å². The number of hydrogen-bond donors (Lipinski definition) is 0. The number of benzene rings is 2. The van der Waals surface area contributed by atoms with Gasteiger partial charge in [0, 0.05) is 17.5 Å². The van der Waals surface area contributed by atoms with Crippen LogP contribution in [0.3, 0.4) is 0 Å². The molecule has 0 aliphatic rings. The Labute approximate surface area is 143 Å². The Morgan fingerprint density at radius 1 is 1.00 bits per heavy atom. The van der Waals surface area contributed by atoms with Gasteiger partial charge in [0.25, 0.3) is 0 Å². The number of aryl methyl sites for hydroxylation is 2. The molecule has 0 atom stereocenters. The van der Waals surface area contributed by atoms with Crippen LogP contribution in [0.2, 0.25) is 0 Å². The topological polar surface area (TPSA) is 30.2 Å². The minimum absolute atomic E-state index is 0.0343. The van der Waals surface area contributed by atoms with Crippen molar-refractivity contribution in [2.24, 2.45) is 0 Å². The van der Waals surface area contributed by atoms with Gasteiger partial charge in [0.2, 0.25) is 0 Å². The molecule has 0 spiro atoms. The Kier molecular flexibility index (Phi) is 4.95. The van der Waals surface area contributed by atoms with E-state index < -0.39 is 0 Å². The van der Waals surface area contributed by atoms with Crippen molar-refractivity contribution in [2.75, 3.05) is 0 Å². The zero-order valence-corrected chi connectivity index (χ0v) is 14.2. The van der Waals surface area contributed by atoms with Gasteiger partial charge in [-0.3, -0.25) is 4.79 Å². The van der Waals surface area contributed by atoms with Crippen LogP contribution in [-0.2, 0) is 6.42 Å². The predicted molar refractivity (Wildman–Crippen MR) is 97.4 cm³/mol. The van der Waals surface area contributed by atoms with E-state index in [1.54, 1.807) is 0 Å². The van der Waals surface area contributed by atoms with Crippen molar-refractivity contribution in [1.29, 1.82) is 0 Å². The van der Waals surface area contributed by atoms with E-state index in [4.69, 9.17) is 4.42 Å². The van der Waals surface area contributed by atoms with E-state index in [0.29, 0.717) is 11.1 Å². The minimum Gasteiger partial charge on any atom is -0.460 e. The molecular formula is C22H22O2. The fourth-order valence-electron chi connectivity index (χ4n) is 2.75. The highest BCUT2D eigenvalue weighted by Crippen LogP contribution is 2.28. The summed E-state index contributed by atoms with van der Waals surface area (Å²) in [6.07, 6.45) is 2.87. The van der Waals surface area contributed by atoms with Crippen LogP contribution in [0.25, 0.3) is 11.3 Å². The molecule has 2 heteroatoms. The highest BCUT2D eigenvalue weighted by molar-refractivity contribution is 6.10. The lowest BCUT2D eigenvalue weighted by Gasteiger charge is -2.02. The molecule has 0 bridgehead atoms. The molecule has 0 N–H and O–H groups in total. The number of carbonyl (C=O) groups excluding carboxylic acids is 1. The summed E-state index contributed by atoms with van der Waals surface area (Å²) in [4.78, 5) is 12.9. The first-order valence-electron chi connectivity index (χ1n) is 8.48. The zero-order valence-electron chi connectivity index (χ0n) is 14.2. The molecule has 2 aromatic carbocycles. The van der Waals surface area contributed by atoms with E-state index in [-0.39, 0.29) is 5.78 Å².